The van der Waals surface area contributed by atoms with E-state index in [0.29, 0.717) is 22.7 Å². The van der Waals surface area contributed by atoms with Crippen molar-refractivity contribution in [3.8, 4) is 0 Å². The minimum absolute atomic E-state index is 0.0104. The van der Waals surface area contributed by atoms with E-state index in [4.69, 9.17) is 12.2 Å². The van der Waals surface area contributed by atoms with Gasteiger partial charge >= 0.3 is 0 Å². The zero-order valence-electron chi connectivity index (χ0n) is 11.6. The molecule has 1 aliphatic carbocycles. The molecule has 0 amide bonds. The predicted octanol–water partition coefficient (Wildman–Crippen LogP) is 2.54. The highest BCUT2D eigenvalue weighted by atomic mass is 32.1. The Morgan fingerprint density at radius 3 is 2.85 bits per heavy atom. The number of nitrogens with zero attached hydrogens (tertiary/aromatic N) is 2. The van der Waals surface area contributed by atoms with Crippen LogP contribution in [0.1, 0.15) is 19.8 Å². The van der Waals surface area contributed by atoms with Gasteiger partial charge in [-0.25, -0.2) is 0 Å². The summed E-state index contributed by atoms with van der Waals surface area (Å²) in [7, 11) is 0. The van der Waals surface area contributed by atoms with E-state index in [1.807, 2.05) is 24.3 Å². The summed E-state index contributed by atoms with van der Waals surface area (Å²) < 4.78 is 2.20. The standard InChI is InChI=1S/C15H19N3OS/c1-2-17(11-7-8-11)9-10-18-14(19)12-5-3-4-6-13(12)16-15(18)20/h3-6,11H,2,7-10H2,1H3,(H,16,20). The molecule has 2 aromatic rings. The maximum absolute atomic E-state index is 12.5. The lowest BCUT2D eigenvalue weighted by atomic mass is 10.2. The van der Waals surface area contributed by atoms with E-state index >= 15 is 0 Å². The van der Waals surface area contributed by atoms with Crippen LogP contribution in [0.3, 0.4) is 0 Å². The molecule has 3 rings (SSSR count). The van der Waals surface area contributed by atoms with Crippen LogP contribution in [0.25, 0.3) is 10.9 Å². The van der Waals surface area contributed by atoms with Gasteiger partial charge in [0.1, 0.15) is 0 Å². The van der Waals surface area contributed by atoms with Crippen LogP contribution in [0.15, 0.2) is 29.1 Å². The molecule has 1 fully saturated rings. The number of benzene rings is 1. The Morgan fingerprint density at radius 1 is 1.40 bits per heavy atom. The second kappa shape index (κ2) is 5.50. The summed E-state index contributed by atoms with van der Waals surface area (Å²) in [5.74, 6) is 0. The number of fused-ring (bicyclic) bond motifs is 1. The fourth-order valence-electron chi connectivity index (χ4n) is 2.67. The van der Waals surface area contributed by atoms with Crippen LogP contribution in [0, 0.1) is 4.77 Å². The Bertz CT molecular complexity index is 730. The van der Waals surface area contributed by atoms with Crippen molar-refractivity contribution in [1.29, 1.82) is 0 Å². The molecule has 0 radical (unpaired) electrons. The van der Waals surface area contributed by atoms with Crippen LogP contribution in [-0.4, -0.2) is 33.6 Å². The molecule has 106 valence electrons. The molecule has 0 unspecified atom stereocenters. The van der Waals surface area contributed by atoms with Crippen LogP contribution < -0.4 is 5.56 Å². The zero-order chi connectivity index (χ0) is 14.1. The highest BCUT2D eigenvalue weighted by Crippen LogP contribution is 2.26. The number of para-hydroxylation sites is 1. The Morgan fingerprint density at radius 2 is 2.15 bits per heavy atom. The van der Waals surface area contributed by atoms with E-state index in [0.717, 1.165) is 18.6 Å². The third-order valence-corrected chi connectivity index (χ3v) is 4.29. The van der Waals surface area contributed by atoms with Gasteiger partial charge in [0.15, 0.2) is 4.77 Å². The summed E-state index contributed by atoms with van der Waals surface area (Å²) in [4.78, 5) is 18.1. The van der Waals surface area contributed by atoms with E-state index in [1.165, 1.54) is 12.8 Å². The van der Waals surface area contributed by atoms with Gasteiger partial charge in [0.2, 0.25) is 0 Å². The highest BCUT2D eigenvalue weighted by molar-refractivity contribution is 7.71. The molecule has 1 aromatic heterocycles. The molecule has 1 aliphatic rings. The summed E-state index contributed by atoms with van der Waals surface area (Å²) in [5, 5.41) is 0.704. The smallest absolute Gasteiger partial charge is 0.262 e. The minimum atomic E-state index is 0.0104. The van der Waals surface area contributed by atoms with E-state index in [-0.39, 0.29) is 5.56 Å². The quantitative estimate of drug-likeness (QED) is 0.860. The van der Waals surface area contributed by atoms with Gasteiger partial charge in [-0.2, -0.15) is 0 Å². The molecular weight excluding hydrogens is 270 g/mol. The van der Waals surface area contributed by atoms with Crippen molar-refractivity contribution >= 4 is 23.1 Å². The van der Waals surface area contributed by atoms with Crippen molar-refractivity contribution in [3.05, 3.63) is 39.4 Å². The number of rotatable bonds is 5. The summed E-state index contributed by atoms with van der Waals surface area (Å²) in [5.41, 5.74) is 0.824. The maximum Gasteiger partial charge on any atom is 0.262 e. The fraction of sp³-hybridized carbons (Fsp3) is 0.467. The molecule has 4 nitrogen and oxygen atoms in total. The van der Waals surface area contributed by atoms with Gasteiger partial charge in [-0.15, -0.1) is 0 Å². The van der Waals surface area contributed by atoms with E-state index < -0.39 is 0 Å². The highest BCUT2D eigenvalue weighted by Gasteiger charge is 2.27. The average molecular weight is 289 g/mol. The first-order chi connectivity index (χ1) is 9.70. The minimum Gasteiger partial charge on any atom is -0.332 e. The Kier molecular flexibility index (Phi) is 3.72. The second-order valence-corrected chi connectivity index (χ2v) is 5.68. The first kappa shape index (κ1) is 13.5. The van der Waals surface area contributed by atoms with Gasteiger partial charge in [-0.05, 0) is 43.7 Å². The lowest BCUT2D eigenvalue weighted by molar-refractivity contribution is 0.264. The molecule has 5 heteroatoms. The largest absolute Gasteiger partial charge is 0.332 e. The topological polar surface area (TPSA) is 41.0 Å². The van der Waals surface area contributed by atoms with Crippen molar-refractivity contribution < 1.29 is 0 Å². The molecule has 1 saturated carbocycles. The van der Waals surface area contributed by atoms with Crippen LogP contribution in [0.2, 0.25) is 0 Å². The summed E-state index contributed by atoms with van der Waals surface area (Å²) in [6, 6.07) is 8.24. The molecule has 20 heavy (non-hydrogen) atoms. The van der Waals surface area contributed by atoms with Crippen molar-refractivity contribution in [3.63, 3.8) is 0 Å². The number of H-pyrrole nitrogens is 1. The Hall–Kier alpha value is -1.46. The number of hydrogen-bond acceptors (Lipinski definition) is 3. The molecule has 0 saturated heterocycles. The van der Waals surface area contributed by atoms with Crippen LogP contribution in [-0.2, 0) is 6.54 Å². The predicted molar refractivity (Wildman–Crippen MR) is 83.7 cm³/mol. The molecule has 0 aliphatic heterocycles. The number of hydrogen-bond donors (Lipinski definition) is 1. The van der Waals surface area contributed by atoms with Gasteiger partial charge < -0.3 is 4.98 Å². The lowest BCUT2D eigenvalue weighted by Crippen LogP contribution is -2.33. The number of nitrogens with one attached hydrogen (secondary N) is 1. The normalized spacial score (nSPS) is 15.1. The van der Waals surface area contributed by atoms with Gasteiger partial charge in [-0.3, -0.25) is 14.3 Å². The molecule has 1 N–H and O–H groups in total. The number of aromatic nitrogens is 2. The van der Waals surface area contributed by atoms with Crippen molar-refractivity contribution in [2.75, 3.05) is 13.1 Å². The zero-order valence-corrected chi connectivity index (χ0v) is 12.4. The van der Waals surface area contributed by atoms with Crippen LogP contribution in [0.4, 0.5) is 0 Å². The van der Waals surface area contributed by atoms with Crippen molar-refractivity contribution in [2.24, 2.45) is 0 Å². The third kappa shape index (κ3) is 2.55. The van der Waals surface area contributed by atoms with Gasteiger partial charge in [0.05, 0.1) is 10.9 Å². The van der Waals surface area contributed by atoms with E-state index in [9.17, 15) is 4.79 Å². The van der Waals surface area contributed by atoms with E-state index in [2.05, 4.69) is 16.8 Å². The summed E-state index contributed by atoms with van der Waals surface area (Å²) >= 11 is 5.33. The first-order valence-corrected chi connectivity index (χ1v) is 7.57. The first-order valence-electron chi connectivity index (χ1n) is 7.16. The summed E-state index contributed by atoms with van der Waals surface area (Å²) in [6.45, 7) is 4.74. The van der Waals surface area contributed by atoms with Crippen LogP contribution in [0.5, 0.6) is 0 Å². The lowest BCUT2D eigenvalue weighted by Gasteiger charge is -2.20. The third-order valence-electron chi connectivity index (χ3n) is 3.97. The number of aromatic amines is 1. The van der Waals surface area contributed by atoms with Crippen molar-refractivity contribution in [2.45, 2.75) is 32.4 Å². The average Bonchev–Trinajstić information content (AvgIpc) is 3.27. The van der Waals surface area contributed by atoms with E-state index in [1.54, 1.807) is 4.57 Å². The fourth-order valence-corrected chi connectivity index (χ4v) is 2.95. The molecule has 1 aromatic carbocycles. The monoisotopic (exact) mass is 289 g/mol. The second-order valence-electron chi connectivity index (χ2n) is 5.29. The van der Waals surface area contributed by atoms with Crippen LogP contribution >= 0.6 is 12.2 Å². The van der Waals surface area contributed by atoms with Gasteiger partial charge in [0, 0.05) is 19.1 Å². The maximum atomic E-state index is 12.5. The summed E-state index contributed by atoms with van der Waals surface area (Å²) in [6.07, 6.45) is 2.57. The molecule has 0 atom stereocenters. The van der Waals surface area contributed by atoms with Crippen molar-refractivity contribution in [1.82, 2.24) is 14.5 Å². The molecular formula is C15H19N3OS. The van der Waals surface area contributed by atoms with Gasteiger partial charge in [0.25, 0.3) is 5.56 Å². The number of likely N-dealkylation sites (N-methyl/N-ethyl adjacent to an activating group) is 1. The molecule has 0 spiro atoms. The Balaban J connectivity index is 1.91. The SMILES string of the molecule is CCN(CCn1c(=S)[nH]c2ccccc2c1=O)C1CC1. The molecule has 0 bridgehead atoms. The Labute approximate surface area is 123 Å². The van der Waals surface area contributed by atoms with Gasteiger partial charge in [-0.1, -0.05) is 19.1 Å². The molecule has 1 heterocycles.